The highest BCUT2D eigenvalue weighted by Crippen LogP contribution is 2.25. The fourth-order valence-electron chi connectivity index (χ4n) is 2.80. The van der Waals surface area contributed by atoms with Crippen molar-refractivity contribution in [3.8, 4) is 5.75 Å². The number of fused-ring (bicyclic) bond motifs is 2. The Morgan fingerprint density at radius 3 is 2.75 bits per heavy atom. The number of thiazole rings is 1. The van der Waals surface area contributed by atoms with Gasteiger partial charge in [-0.05, 0) is 47.2 Å². The number of hydrogen-bond donors (Lipinski definition) is 2. The van der Waals surface area contributed by atoms with Gasteiger partial charge in [-0.1, -0.05) is 51.5 Å². The molecule has 5 nitrogen and oxygen atoms in total. The van der Waals surface area contributed by atoms with Crippen LogP contribution in [0.5, 0.6) is 5.75 Å². The van der Waals surface area contributed by atoms with Crippen molar-refractivity contribution >= 4 is 59.3 Å². The molecule has 0 spiro atoms. The summed E-state index contributed by atoms with van der Waals surface area (Å²) in [5.74, 6) is 0.527. The second-order valence-electron chi connectivity index (χ2n) is 6.21. The third-order valence-corrected chi connectivity index (χ3v) is 5.65. The Balaban J connectivity index is 1.22. The van der Waals surface area contributed by atoms with Gasteiger partial charge in [0, 0.05) is 17.6 Å². The zero-order valence-corrected chi connectivity index (χ0v) is 17.3. The molecule has 0 aliphatic rings. The number of nitrogens with one attached hydrogen (secondary N) is 2. The number of aromatic nitrogens is 1. The molecule has 0 radical (unpaired) electrons. The maximum atomic E-state index is 12.0. The summed E-state index contributed by atoms with van der Waals surface area (Å²) in [6.45, 7) is 1.10. The highest BCUT2D eigenvalue weighted by molar-refractivity contribution is 9.10. The molecule has 0 unspecified atom stereocenters. The van der Waals surface area contributed by atoms with Crippen LogP contribution in [-0.2, 0) is 4.79 Å². The van der Waals surface area contributed by atoms with E-state index in [4.69, 9.17) is 4.74 Å². The van der Waals surface area contributed by atoms with Crippen molar-refractivity contribution in [1.82, 2.24) is 10.3 Å². The average molecular weight is 456 g/mol. The SMILES string of the molecule is O=C(COc1ccc2cc(Br)ccc2c1)NCCNc1nc2ccccc2s1. The van der Waals surface area contributed by atoms with Gasteiger partial charge in [0.2, 0.25) is 0 Å². The summed E-state index contributed by atoms with van der Waals surface area (Å²) in [5, 5.41) is 9.13. The van der Waals surface area contributed by atoms with Gasteiger partial charge in [0.05, 0.1) is 10.2 Å². The van der Waals surface area contributed by atoms with Crippen LogP contribution < -0.4 is 15.4 Å². The van der Waals surface area contributed by atoms with E-state index in [1.165, 1.54) is 0 Å². The number of carbonyl (C=O) groups is 1. The highest BCUT2D eigenvalue weighted by atomic mass is 79.9. The molecule has 0 aliphatic carbocycles. The summed E-state index contributed by atoms with van der Waals surface area (Å²) >= 11 is 5.06. The molecule has 0 atom stereocenters. The number of nitrogens with zero attached hydrogens (tertiary/aromatic N) is 1. The fraction of sp³-hybridized carbons (Fsp3) is 0.143. The lowest BCUT2D eigenvalue weighted by atomic mass is 10.1. The van der Waals surface area contributed by atoms with Gasteiger partial charge >= 0.3 is 0 Å². The Labute approximate surface area is 174 Å². The van der Waals surface area contributed by atoms with Gasteiger partial charge < -0.3 is 15.4 Å². The standard InChI is InChI=1S/C21H18BrN3O2S/c22-16-7-5-15-12-17(8-6-14(15)11-16)27-13-20(26)23-9-10-24-21-25-18-3-1-2-4-19(18)28-21/h1-8,11-12H,9-10,13H2,(H,23,26)(H,24,25). The molecule has 0 aliphatic heterocycles. The van der Waals surface area contributed by atoms with E-state index in [9.17, 15) is 4.79 Å². The van der Waals surface area contributed by atoms with E-state index >= 15 is 0 Å². The molecule has 1 amide bonds. The summed E-state index contributed by atoms with van der Waals surface area (Å²) in [6, 6.07) is 19.8. The van der Waals surface area contributed by atoms with Crippen LogP contribution in [0.15, 0.2) is 65.1 Å². The number of rotatable bonds is 7. The first kappa shape index (κ1) is 18.7. The number of carbonyl (C=O) groups excluding carboxylic acids is 1. The Hall–Kier alpha value is -2.64. The average Bonchev–Trinajstić information content (AvgIpc) is 3.12. The first-order chi connectivity index (χ1) is 13.7. The second kappa shape index (κ2) is 8.58. The molecular formula is C21H18BrN3O2S. The molecule has 1 aromatic heterocycles. The molecule has 0 fully saturated rings. The number of amides is 1. The molecule has 0 bridgehead atoms. The molecule has 2 N–H and O–H groups in total. The largest absolute Gasteiger partial charge is 0.484 e. The van der Waals surface area contributed by atoms with Crippen molar-refractivity contribution in [3.63, 3.8) is 0 Å². The van der Waals surface area contributed by atoms with Crippen LogP contribution in [0.1, 0.15) is 0 Å². The summed E-state index contributed by atoms with van der Waals surface area (Å²) in [7, 11) is 0. The zero-order valence-electron chi connectivity index (χ0n) is 14.9. The first-order valence-electron chi connectivity index (χ1n) is 8.86. The Bertz CT molecular complexity index is 1100. The Morgan fingerprint density at radius 2 is 1.86 bits per heavy atom. The molecule has 142 valence electrons. The topological polar surface area (TPSA) is 63.2 Å². The van der Waals surface area contributed by atoms with E-state index in [0.29, 0.717) is 18.8 Å². The van der Waals surface area contributed by atoms with Gasteiger partial charge in [-0.25, -0.2) is 4.98 Å². The van der Waals surface area contributed by atoms with Gasteiger partial charge in [0.25, 0.3) is 5.91 Å². The number of benzene rings is 3. The first-order valence-corrected chi connectivity index (χ1v) is 10.5. The molecular weight excluding hydrogens is 438 g/mol. The molecule has 28 heavy (non-hydrogen) atoms. The molecule has 3 aromatic carbocycles. The van der Waals surface area contributed by atoms with Gasteiger partial charge in [0.15, 0.2) is 11.7 Å². The van der Waals surface area contributed by atoms with Gasteiger partial charge in [-0.15, -0.1) is 0 Å². The maximum absolute atomic E-state index is 12.0. The van der Waals surface area contributed by atoms with Crippen LogP contribution in [0.2, 0.25) is 0 Å². The van der Waals surface area contributed by atoms with Crippen LogP contribution in [0.4, 0.5) is 5.13 Å². The normalized spacial score (nSPS) is 10.9. The van der Waals surface area contributed by atoms with Crippen molar-refractivity contribution in [1.29, 1.82) is 0 Å². The Kier molecular flexibility index (Phi) is 5.73. The lowest BCUT2D eigenvalue weighted by Gasteiger charge is -2.09. The third kappa shape index (κ3) is 4.61. The van der Waals surface area contributed by atoms with E-state index < -0.39 is 0 Å². The molecule has 4 aromatic rings. The monoisotopic (exact) mass is 455 g/mol. The van der Waals surface area contributed by atoms with Crippen LogP contribution in [0, 0.1) is 0 Å². The molecule has 0 saturated carbocycles. The van der Waals surface area contributed by atoms with Crippen LogP contribution in [0.3, 0.4) is 0 Å². The maximum Gasteiger partial charge on any atom is 0.258 e. The van der Waals surface area contributed by atoms with Crippen LogP contribution in [-0.4, -0.2) is 30.6 Å². The second-order valence-corrected chi connectivity index (χ2v) is 8.15. The number of ether oxygens (including phenoxy) is 1. The minimum Gasteiger partial charge on any atom is -0.484 e. The molecule has 1 heterocycles. The van der Waals surface area contributed by atoms with Crippen molar-refractivity contribution in [2.75, 3.05) is 25.0 Å². The smallest absolute Gasteiger partial charge is 0.258 e. The fourth-order valence-corrected chi connectivity index (χ4v) is 4.07. The van der Waals surface area contributed by atoms with E-state index in [1.54, 1.807) is 11.3 Å². The van der Waals surface area contributed by atoms with Crippen molar-refractivity contribution < 1.29 is 9.53 Å². The summed E-state index contributed by atoms with van der Waals surface area (Å²) in [6.07, 6.45) is 0. The lowest BCUT2D eigenvalue weighted by Crippen LogP contribution is -2.32. The predicted octanol–water partition coefficient (Wildman–Crippen LogP) is 4.82. The van der Waals surface area contributed by atoms with Crippen molar-refractivity contribution in [2.45, 2.75) is 0 Å². The Morgan fingerprint density at radius 1 is 1.04 bits per heavy atom. The minimum atomic E-state index is -0.151. The minimum absolute atomic E-state index is 0.0107. The molecule has 4 rings (SSSR count). The van der Waals surface area contributed by atoms with E-state index in [1.807, 2.05) is 60.7 Å². The van der Waals surface area contributed by atoms with Gasteiger partial charge in [0.1, 0.15) is 5.75 Å². The summed E-state index contributed by atoms with van der Waals surface area (Å²) < 4.78 is 7.79. The number of anilines is 1. The van der Waals surface area contributed by atoms with Crippen LogP contribution in [0.25, 0.3) is 21.0 Å². The van der Waals surface area contributed by atoms with E-state index in [0.717, 1.165) is 30.6 Å². The van der Waals surface area contributed by atoms with E-state index in [-0.39, 0.29) is 12.5 Å². The third-order valence-electron chi connectivity index (χ3n) is 4.16. The molecule has 7 heteroatoms. The number of halogens is 1. The number of hydrogen-bond acceptors (Lipinski definition) is 5. The van der Waals surface area contributed by atoms with Crippen molar-refractivity contribution in [2.24, 2.45) is 0 Å². The van der Waals surface area contributed by atoms with Gasteiger partial charge in [-0.2, -0.15) is 0 Å². The zero-order chi connectivity index (χ0) is 19.3. The van der Waals surface area contributed by atoms with Crippen molar-refractivity contribution in [3.05, 3.63) is 65.1 Å². The quantitative estimate of drug-likeness (QED) is 0.392. The molecule has 0 saturated heterocycles. The van der Waals surface area contributed by atoms with E-state index in [2.05, 4.69) is 31.5 Å². The van der Waals surface area contributed by atoms with Crippen LogP contribution >= 0.6 is 27.3 Å². The summed E-state index contributed by atoms with van der Waals surface area (Å²) in [5.41, 5.74) is 0.982. The highest BCUT2D eigenvalue weighted by Gasteiger charge is 2.05. The predicted molar refractivity (Wildman–Crippen MR) is 118 cm³/mol. The lowest BCUT2D eigenvalue weighted by molar-refractivity contribution is -0.123. The number of para-hydroxylation sites is 1. The van der Waals surface area contributed by atoms with Gasteiger partial charge in [-0.3, -0.25) is 4.79 Å². The summed E-state index contributed by atoms with van der Waals surface area (Å²) in [4.78, 5) is 16.5.